The molecule has 6 nitrogen and oxygen atoms in total. The van der Waals surface area contributed by atoms with Crippen molar-refractivity contribution in [2.24, 2.45) is 11.7 Å². The number of nitriles is 1. The van der Waals surface area contributed by atoms with E-state index in [1.165, 1.54) is 0 Å². The van der Waals surface area contributed by atoms with Crippen molar-refractivity contribution in [1.82, 2.24) is 0 Å². The Labute approximate surface area is 171 Å². The number of fused-ring (bicyclic) bond motifs is 1. The first-order valence-corrected chi connectivity index (χ1v) is 9.81. The first kappa shape index (κ1) is 20.4. The molecule has 4 N–H and O–H groups in total. The van der Waals surface area contributed by atoms with E-state index in [4.69, 9.17) is 25.7 Å². The lowest BCUT2D eigenvalue weighted by Gasteiger charge is -2.27. The topological polar surface area (TPSA) is 104 Å². The summed E-state index contributed by atoms with van der Waals surface area (Å²) in [7, 11) is 0. The molecule has 0 fully saturated rings. The molecule has 0 aromatic heterocycles. The zero-order valence-electron chi connectivity index (χ0n) is 17.1. The Morgan fingerprint density at radius 3 is 2.59 bits per heavy atom. The van der Waals surface area contributed by atoms with E-state index in [0.717, 1.165) is 17.5 Å². The van der Waals surface area contributed by atoms with E-state index in [1.54, 1.807) is 12.1 Å². The van der Waals surface area contributed by atoms with Crippen molar-refractivity contribution in [3.05, 3.63) is 59.0 Å². The molecule has 0 spiro atoms. The van der Waals surface area contributed by atoms with Crippen molar-refractivity contribution in [3.8, 4) is 23.3 Å². The van der Waals surface area contributed by atoms with Gasteiger partial charge in [-0.15, -0.1) is 0 Å². The average Bonchev–Trinajstić information content (AvgIpc) is 2.67. The second kappa shape index (κ2) is 8.78. The zero-order valence-corrected chi connectivity index (χ0v) is 17.1. The standard InChI is InChI=1S/C23H27N3O3/c1-4-27-21-11-15(5-8-19(21)28-10-9-14(2)3)22-17-7-6-16(25)12-20(17)29-23(26)18(22)13-24/h5-8,11-12,14,22H,4,9-10,25-26H2,1-3H3. The summed E-state index contributed by atoms with van der Waals surface area (Å²) in [5.41, 5.74) is 14.6. The summed E-state index contributed by atoms with van der Waals surface area (Å²) in [5.74, 6) is 2.17. The average molecular weight is 393 g/mol. The molecular formula is C23H27N3O3. The predicted octanol–water partition coefficient (Wildman–Crippen LogP) is 4.31. The van der Waals surface area contributed by atoms with Crippen molar-refractivity contribution in [3.63, 3.8) is 0 Å². The molecule has 152 valence electrons. The largest absolute Gasteiger partial charge is 0.490 e. The summed E-state index contributed by atoms with van der Waals surface area (Å²) in [6.45, 7) is 7.37. The molecule has 0 saturated heterocycles. The molecule has 2 aromatic carbocycles. The SMILES string of the molecule is CCOc1cc(C2C(C#N)=C(N)Oc3cc(N)ccc32)ccc1OCCC(C)C. The maximum atomic E-state index is 9.72. The summed E-state index contributed by atoms with van der Waals surface area (Å²) in [6, 6.07) is 13.3. The minimum Gasteiger partial charge on any atom is -0.490 e. The number of nitrogens with two attached hydrogens (primary N) is 2. The number of hydrogen-bond acceptors (Lipinski definition) is 6. The number of nitrogen functional groups attached to an aromatic ring is 1. The van der Waals surface area contributed by atoms with Crippen LogP contribution in [0.3, 0.4) is 0 Å². The van der Waals surface area contributed by atoms with E-state index in [-0.39, 0.29) is 11.8 Å². The van der Waals surface area contributed by atoms with Gasteiger partial charge in [-0.2, -0.15) is 5.26 Å². The first-order chi connectivity index (χ1) is 13.9. The van der Waals surface area contributed by atoms with Crippen LogP contribution in [-0.2, 0) is 0 Å². The fraction of sp³-hybridized carbons (Fsp3) is 0.348. The van der Waals surface area contributed by atoms with Gasteiger partial charge in [0.15, 0.2) is 11.5 Å². The van der Waals surface area contributed by atoms with Crippen molar-refractivity contribution in [1.29, 1.82) is 5.26 Å². The minimum absolute atomic E-state index is 0.0887. The Morgan fingerprint density at radius 2 is 1.90 bits per heavy atom. The first-order valence-electron chi connectivity index (χ1n) is 9.81. The summed E-state index contributed by atoms with van der Waals surface area (Å²) in [5, 5.41) is 9.72. The van der Waals surface area contributed by atoms with Gasteiger partial charge in [0.05, 0.1) is 19.1 Å². The van der Waals surface area contributed by atoms with Gasteiger partial charge in [-0.3, -0.25) is 0 Å². The van der Waals surface area contributed by atoms with Gasteiger partial charge in [0, 0.05) is 17.3 Å². The zero-order chi connectivity index (χ0) is 21.0. The molecule has 0 saturated carbocycles. The molecule has 3 rings (SSSR count). The minimum atomic E-state index is -0.367. The fourth-order valence-corrected chi connectivity index (χ4v) is 3.31. The quantitative estimate of drug-likeness (QED) is 0.679. The lowest BCUT2D eigenvalue weighted by atomic mass is 9.83. The van der Waals surface area contributed by atoms with Crippen LogP contribution in [0.1, 0.15) is 44.2 Å². The van der Waals surface area contributed by atoms with Gasteiger partial charge in [-0.1, -0.05) is 26.0 Å². The van der Waals surface area contributed by atoms with Crippen LogP contribution in [0.15, 0.2) is 47.9 Å². The molecule has 0 bridgehead atoms. The van der Waals surface area contributed by atoms with Gasteiger partial charge >= 0.3 is 0 Å². The molecule has 29 heavy (non-hydrogen) atoms. The van der Waals surface area contributed by atoms with Crippen molar-refractivity contribution in [2.75, 3.05) is 18.9 Å². The summed E-state index contributed by atoms with van der Waals surface area (Å²) in [6.07, 6.45) is 0.958. The second-order valence-corrected chi connectivity index (χ2v) is 7.39. The van der Waals surface area contributed by atoms with E-state index in [1.807, 2.05) is 31.2 Å². The van der Waals surface area contributed by atoms with Crippen LogP contribution in [0.4, 0.5) is 5.69 Å². The van der Waals surface area contributed by atoms with Gasteiger partial charge < -0.3 is 25.7 Å². The van der Waals surface area contributed by atoms with Crippen molar-refractivity contribution in [2.45, 2.75) is 33.1 Å². The molecule has 1 unspecified atom stereocenters. The van der Waals surface area contributed by atoms with Crippen LogP contribution in [0.2, 0.25) is 0 Å². The number of rotatable bonds is 7. The number of ether oxygens (including phenoxy) is 3. The molecule has 2 aromatic rings. The normalized spacial score (nSPS) is 15.5. The van der Waals surface area contributed by atoms with Gasteiger partial charge in [0.2, 0.25) is 5.88 Å². The molecule has 6 heteroatoms. The van der Waals surface area contributed by atoms with Crippen LogP contribution in [0.25, 0.3) is 0 Å². The van der Waals surface area contributed by atoms with Crippen LogP contribution < -0.4 is 25.7 Å². The van der Waals surface area contributed by atoms with Crippen LogP contribution in [0, 0.1) is 17.2 Å². The third kappa shape index (κ3) is 4.40. The Bertz CT molecular complexity index is 960. The highest BCUT2D eigenvalue weighted by molar-refractivity contribution is 5.60. The molecule has 0 amide bonds. The molecule has 1 aliphatic rings. The van der Waals surface area contributed by atoms with Crippen LogP contribution >= 0.6 is 0 Å². The van der Waals surface area contributed by atoms with E-state index in [9.17, 15) is 5.26 Å². The van der Waals surface area contributed by atoms with E-state index in [2.05, 4.69) is 19.9 Å². The van der Waals surface area contributed by atoms with Gasteiger partial charge in [0.1, 0.15) is 17.4 Å². The highest BCUT2D eigenvalue weighted by atomic mass is 16.5. The fourth-order valence-electron chi connectivity index (χ4n) is 3.31. The monoisotopic (exact) mass is 393 g/mol. The molecule has 1 heterocycles. The number of benzene rings is 2. The Hall–Kier alpha value is -3.33. The van der Waals surface area contributed by atoms with Gasteiger partial charge in [-0.05, 0) is 43.0 Å². The van der Waals surface area contributed by atoms with Crippen LogP contribution in [-0.4, -0.2) is 13.2 Å². The smallest absolute Gasteiger partial charge is 0.205 e. The highest BCUT2D eigenvalue weighted by Gasteiger charge is 2.31. The Balaban J connectivity index is 2.02. The summed E-state index contributed by atoms with van der Waals surface area (Å²) < 4.78 is 17.4. The molecule has 0 radical (unpaired) electrons. The van der Waals surface area contributed by atoms with Gasteiger partial charge in [-0.25, -0.2) is 0 Å². The van der Waals surface area contributed by atoms with E-state index < -0.39 is 0 Å². The Kier molecular flexibility index (Phi) is 6.18. The summed E-state index contributed by atoms with van der Waals surface area (Å²) >= 11 is 0. The van der Waals surface area contributed by atoms with E-state index >= 15 is 0 Å². The number of anilines is 1. The van der Waals surface area contributed by atoms with Crippen molar-refractivity contribution >= 4 is 5.69 Å². The molecular weight excluding hydrogens is 366 g/mol. The predicted molar refractivity (Wildman–Crippen MR) is 113 cm³/mol. The summed E-state index contributed by atoms with van der Waals surface area (Å²) in [4.78, 5) is 0. The van der Waals surface area contributed by atoms with Crippen LogP contribution in [0.5, 0.6) is 17.2 Å². The third-order valence-corrected chi connectivity index (χ3v) is 4.80. The maximum Gasteiger partial charge on any atom is 0.205 e. The maximum absolute atomic E-state index is 9.72. The number of hydrogen-bond donors (Lipinski definition) is 2. The lowest BCUT2D eigenvalue weighted by molar-refractivity contribution is 0.261. The van der Waals surface area contributed by atoms with E-state index in [0.29, 0.717) is 47.6 Å². The number of allylic oxidation sites excluding steroid dienone is 1. The van der Waals surface area contributed by atoms with Gasteiger partial charge in [0.25, 0.3) is 0 Å². The highest BCUT2D eigenvalue weighted by Crippen LogP contribution is 2.44. The Morgan fingerprint density at radius 1 is 1.10 bits per heavy atom. The lowest BCUT2D eigenvalue weighted by Crippen LogP contribution is -2.21. The molecule has 1 atom stereocenters. The number of nitrogens with zero attached hydrogens (tertiary/aromatic N) is 1. The molecule has 0 aliphatic carbocycles. The second-order valence-electron chi connectivity index (χ2n) is 7.39. The molecule has 1 aliphatic heterocycles. The van der Waals surface area contributed by atoms with Crippen molar-refractivity contribution < 1.29 is 14.2 Å². The third-order valence-electron chi connectivity index (χ3n) is 4.80.